The lowest BCUT2D eigenvalue weighted by molar-refractivity contribution is -0.154. The van der Waals surface area contributed by atoms with Crippen LogP contribution in [0, 0.1) is 0 Å². The number of nitrogens with two attached hydrogens (primary N) is 1. The Hall–Kier alpha value is -2.32. The van der Waals surface area contributed by atoms with Gasteiger partial charge in [0.2, 0.25) is 0 Å². The van der Waals surface area contributed by atoms with Crippen LogP contribution in [0.1, 0.15) is 258 Å². The summed E-state index contributed by atoms with van der Waals surface area (Å²) in [6.45, 7) is 4.79. The van der Waals surface area contributed by atoms with Gasteiger partial charge in [0.25, 0.3) is 0 Å². The number of unbranched alkanes of at least 4 members (excludes halogenated alkanes) is 28. The number of rotatable bonds is 55. The maximum atomic E-state index is 12.7. The molecule has 8 nitrogen and oxygen atoms in total. The Kier molecular flexibility index (Phi) is 55.7. The number of ether oxygens (including phenoxy) is 2. The number of phosphoric ester groups is 1. The molecule has 0 amide bonds. The van der Waals surface area contributed by atoms with Gasteiger partial charge in [-0.3, -0.25) is 13.8 Å². The van der Waals surface area contributed by atoms with Crippen LogP contribution in [0.5, 0.6) is 0 Å². The Labute approximate surface area is 432 Å². The lowest BCUT2D eigenvalue weighted by Gasteiger charge is -2.20. The fourth-order valence-electron chi connectivity index (χ4n) is 8.10. The van der Waals surface area contributed by atoms with Crippen LogP contribution >= 0.6 is 7.82 Å². The van der Waals surface area contributed by atoms with Gasteiger partial charge in [-0.2, -0.15) is 0 Å². The summed E-state index contributed by atoms with van der Waals surface area (Å²) in [6, 6.07) is 0. The second-order valence-electron chi connectivity index (χ2n) is 19.1. The number of carbonyl (C=O) groups excluding carboxylic acids is 1. The molecule has 0 fully saturated rings. The highest BCUT2D eigenvalue weighted by atomic mass is 31.2. The number of hydrogen-bond acceptors (Lipinski definition) is 7. The summed E-state index contributed by atoms with van der Waals surface area (Å²) in [7, 11) is -4.30. The Morgan fingerprint density at radius 1 is 0.443 bits per heavy atom. The monoisotopic (exact) mass is 1000 g/mol. The highest BCUT2D eigenvalue weighted by Gasteiger charge is 2.25. The zero-order valence-electron chi connectivity index (χ0n) is 45.5. The van der Waals surface area contributed by atoms with Gasteiger partial charge in [-0.25, -0.2) is 4.57 Å². The zero-order valence-corrected chi connectivity index (χ0v) is 46.4. The third kappa shape index (κ3) is 56.6. The van der Waals surface area contributed by atoms with Crippen LogP contribution < -0.4 is 5.73 Å². The van der Waals surface area contributed by atoms with E-state index >= 15 is 0 Å². The summed E-state index contributed by atoms with van der Waals surface area (Å²) in [6.07, 6.45) is 76.5. The van der Waals surface area contributed by atoms with Gasteiger partial charge >= 0.3 is 13.8 Å². The summed E-state index contributed by atoms with van der Waals surface area (Å²) >= 11 is 0. The fraction of sp³-hybridized carbons (Fsp3) is 0.754. The van der Waals surface area contributed by atoms with Gasteiger partial charge in [0.15, 0.2) is 0 Å². The predicted octanol–water partition coefficient (Wildman–Crippen LogP) is 18.8. The summed E-state index contributed by atoms with van der Waals surface area (Å²) in [4.78, 5) is 22.7. The molecule has 0 aliphatic carbocycles. The van der Waals surface area contributed by atoms with Crippen molar-refractivity contribution in [2.45, 2.75) is 264 Å². The van der Waals surface area contributed by atoms with E-state index in [0.717, 1.165) is 77.0 Å². The standard InChI is InChI=1S/C61H110NO7P/c1-3-5-7-9-11-13-15-17-19-21-23-25-27-29-31-33-35-37-39-41-43-45-47-49-51-53-56-66-58-60(59-68-70(64,65)67-57-55-62)69-61(63)54-52-50-48-46-44-42-40-38-36-34-32-30-28-26-24-22-20-18-16-14-12-10-8-6-4-2/h6,8,12,14,18,20,24,26,30,32,36,38,42,44,60H,3-5,7,9-11,13,15-17,19,21-23,25,27-29,31,33-35,37,39-41,43,45-59,62H2,1-2H3,(H,64,65)/b8-6-,14-12-,20-18-,26-24-,32-30-,38-36-,44-42-. The van der Waals surface area contributed by atoms with E-state index in [9.17, 15) is 14.3 Å². The molecule has 3 N–H and O–H groups in total. The van der Waals surface area contributed by atoms with Gasteiger partial charge in [-0.1, -0.05) is 266 Å². The smallest absolute Gasteiger partial charge is 0.457 e. The van der Waals surface area contributed by atoms with E-state index in [-0.39, 0.29) is 38.8 Å². The molecular weight excluding hydrogens is 890 g/mol. The SMILES string of the molecule is CC/C=C\C/C=C\C/C=C\C/C=C\C/C=C\C/C=C\C/C=C\CCCCCC(=O)OC(COCCCCCCCCCCCCCCCCCCCCCCCCCCCC)COP(=O)(O)OCCN. The third-order valence-electron chi connectivity index (χ3n) is 12.3. The average Bonchev–Trinajstić information content (AvgIpc) is 3.35. The number of phosphoric acid groups is 1. The normalized spacial score (nSPS) is 13.8. The lowest BCUT2D eigenvalue weighted by Crippen LogP contribution is -2.28. The molecule has 0 aromatic rings. The molecule has 0 aliphatic heterocycles. The van der Waals surface area contributed by atoms with E-state index in [2.05, 4.69) is 98.9 Å². The third-order valence-corrected chi connectivity index (χ3v) is 13.3. The summed E-state index contributed by atoms with van der Waals surface area (Å²) in [5.74, 6) is -0.360. The minimum absolute atomic E-state index is 0.0916. The first-order valence-corrected chi connectivity index (χ1v) is 30.6. The molecule has 9 heteroatoms. The first-order valence-electron chi connectivity index (χ1n) is 29.1. The molecule has 0 spiro atoms. The second-order valence-corrected chi connectivity index (χ2v) is 20.6. The highest BCUT2D eigenvalue weighted by molar-refractivity contribution is 7.47. The first kappa shape index (κ1) is 67.7. The van der Waals surface area contributed by atoms with Crippen molar-refractivity contribution in [1.82, 2.24) is 0 Å². The molecule has 2 unspecified atom stereocenters. The number of hydrogen-bond donors (Lipinski definition) is 2. The maximum absolute atomic E-state index is 12.7. The Morgan fingerprint density at radius 2 is 0.800 bits per heavy atom. The van der Waals surface area contributed by atoms with Crippen LogP contribution in [-0.4, -0.2) is 49.9 Å². The molecular formula is C61H110NO7P. The fourth-order valence-corrected chi connectivity index (χ4v) is 8.86. The summed E-state index contributed by atoms with van der Waals surface area (Å²) in [5.41, 5.74) is 5.40. The van der Waals surface area contributed by atoms with Crippen LogP contribution in [0.4, 0.5) is 0 Å². The molecule has 406 valence electrons. The molecule has 2 atom stereocenters. The van der Waals surface area contributed by atoms with Gasteiger partial charge in [-0.15, -0.1) is 0 Å². The van der Waals surface area contributed by atoms with Crippen LogP contribution in [0.3, 0.4) is 0 Å². The van der Waals surface area contributed by atoms with Crippen molar-refractivity contribution in [1.29, 1.82) is 0 Å². The van der Waals surface area contributed by atoms with Crippen LogP contribution in [0.2, 0.25) is 0 Å². The average molecular weight is 1000 g/mol. The van der Waals surface area contributed by atoms with E-state index in [0.29, 0.717) is 13.0 Å². The molecule has 0 radical (unpaired) electrons. The van der Waals surface area contributed by atoms with E-state index in [1.54, 1.807) is 0 Å². The molecule has 0 heterocycles. The van der Waals surface area contributed by atoms with Crippen molar-refractivity contribution < 1.29 is 32.8 Å². The van der Waals surface area contributed by atoms with Crippen molar-refractivity contribution in [2.75, 3.05) is 33.0 Å². The van der Waals surface area contributed by atoms with E-state index in [1.807, 2.05) is 0 Å². The maximum Gasteiger partial charge on any atom is 0.472 e. The van der Waals surface area contributed by atoms with Crippen molar-refractivity contribution in [3.8, 4) is 0 Å². The van der Waals surface area contributed by atoms with Crippen molar-refractivity contribution >= 4 is 13.8 Å². The predicted molar refractivity (Wildman–Crippen MR) is 302 cm³/mol. The van der Waals surface area contributed by atoms with Crippen molar-refractivity contribution in [3.05, 3.63) is 85.1 Å². The van der Waals surface area contributed by atoms with Gasteiger partial charge in [0.1, 0.15) is 6.10 Å². The summed E-state index contributed by atoms with van der Waals surface area (Å²) in [5, 5.41) is 0. The van der Waals surface area contributed by atoms with Crippen LogP contribution in [-0.2, 0) is 27.9 Å². The van der Waals surface area contributed by atoms with E-state index in [4.69, 9.17) is 24.3 Å². The number of allylic oxidation sites excluding steroid dienone is 14. The van der Waals surface area contributed by atoms with Crippen LogP contribution in [0.15, 0.2) is 85.1 Å². The molecule has 70 heavy (non-hydrogen) atoms. The Bertz CT molecular complexity index is 1350. The van der Waals surface area contributed by atoms with Crippen molar-refractivity contribution in [3.63, 3.8) is 0 Å². The largest absolute Gasteiger partial charge is 0.472 e. The Morgan fingerprint density at radius 3 is 1.19 bits per heavy atom. The Balaban J connectivity index is 3.95. The first-order chi connectivity index (χ1) is 34.4. The van der Waals surface area contributed by atoms with Gasteiger partial charge in [0, 0.05) is 19.6 Å². The van der Waals surface area contributed by atoms with E-state index < -0.39 is 13.9 Å². The van der Waals surface area contributed by atoms with Crippen LogP contribution in [0.25, 0.3) is 0 Å². The summed E-state index contributed by atoms with van der Waals surface area (Å²) < 4.78 is 33.7. The zero-order chi connectivity index (χ0) is 50.8. The molecule has 0 aliphatic rings. The molecule has 0 rings (SSSR count). The second kappa shape index (κ2) is 57.6. The number of carbonyl (C=O) groups is 1. The van der Waals surface area contributed by atoms with Crippen molar-refractivity contribution in [2.24, 2.45) is 5.73 Å². The molecule has 0 bridgehead atoms. The molecule has 0 aromatic heterocycles. The topological polar surface area (TPSA) is 117 Å². The molecule has 0 saturated heterocycles. The van der Waals surface area contributed by atoms with Gasteiger partial charge in [-0.05, 0) is 70.6 Å². The number of esters is 1. The van der Waals surface area contributed by atoms with Gasteiger partial charge in [0.05, 0.1) is 19.8 Å². The molecule has 0 aromatic carbocycles. The molecule has 0 saturated carbocycles. The van der Waals surface area contributed by atoms with E-state index in [1.165, 1.54) is 154 Å². The quantitative estimate of drug-likeness (QED) is 0.0268. The highest BCUT2D eigenvalue weighted by Crippen LogP contribution is 2.43. The van der Waals surface area contributed by atoms with Gasteiger partial charge < -0.3 is 20.1 Å². The minimum Gasteiger partial charge on any atom is -0.457 e. The minimum atomic E-state index is -4.30. The lowest BCUT2D eigenvalue weighted by atomic mass is 10.0.